The molecule has 7 nitrogen and oxygen atoms in total. The average molecular weight is 431 g/mol. The number of nitrogens with one attached hydrogen (secondary N) is 1. The van der Waals surface area contributed by atoms with Crippen LogP contribution in [-0.4, -0.2) is 41.4 Å². The number of esters is 1. The first-order valence-electron chi connectivity index (χ1n) is 9.57. The lowest BCUT2D eigenvalue weighted by atomic mass is 10.1. The Morgan fingerprint density at radius 1 is 1.17 bits per heavy atom. The van der Waals surface area contributed by atoms with E-state index >= 15 is 0 Å². The second-order valence-electron chi connectivity index (χ2n) is 6.55. The molecule has 0 bridgehead atoms. The third-order valence-corrected chi connectivity index (χ3v) is 5.37. The molecule has 0 fully saturated rings. The van der Waals surface area contributed by atoms with Gasteiger partial charge in [0.15, 0.2) is 6.10 Å². The van der Waals surface area contributed by atoms with Crippen molar-refractivity contribution >= 4 is 30.0 Å². The fourth-order valence-electron chi connectivity index (χ4n) is 2.76. The smallest absolute Gasteiger partial charge is 0.303 e. The van der Waals surface area contributed by atoms with Gasteiger partial charge in [-0.15, -0.1) is 0 Å². The van der Waals surface area contributed by atoms with Gasteiger partial charge in [-0.25, -0.2) is 0 Å². The Kier molecular flexibility index (Phi) is 9.34. The Balaban J connectivity index is 2.00. The maximum absolute atomic E-state index is 11.9. The largest absolute Gasteiger partial charge is 0.489 e. The van der Waals surface area contributed by atoms with Crippen molar-refractivity contribution in [3.63, 3.8) is 0 Å². The van der Waals surface area contributed by atoms with Crippen molar-refractivity contribution in [2.24, 2.45) is 0 Å². The van der Waals surface area contributed by atoms with Crippen LogP contribution < -0.4 is 10.1 Å². The number of rotatable bonds is 11. The molecule has 2 amide bonds. The first-order valence-corrected chi connectivity index (χ1v) is 10.9. The molecule has 2 rings (SSSR count). The van der Waals surface area contributed by atoms with Crippen LogP contribution in [-0.2, 0) is 32.0 Å². The van der Waals surface area contributed by atoms with Crippen LogP contribution in [0.15, 0.2) is 42.6 Å². The maximum Gasteiger partial charge on any atom is 0.303 e. The first-order chi connectivity index (χ1) is 14.5. The molecule has 0 aliphatic heterocycles. The molecule has 0 aliphatic rings. The molecule has 1 heterocycles. The van der Waals surface area contributed by atoms with Gasteiger partial charge >= 0.3 is 5.97 Å². The van der Waals surface area contributed by atoms with E-state index in [1.165, 1.54) is 18.7 Å². The van der Waals surface area contributed by atoms with Crippen LogP contribution in [0.1, 0.15) is 36.8 Å². The van der Waals surface area contributed by atoms with Gasteiger partial charge in [0.1, 0.15) is 12.4 Å². The molecule has 2 atom stereocenters. The fraction of sp³-hybridized carbons (Fsp3) is 0.364. The lowest BCUT2D eigenvalue weighted by Gasteiger charge is -2.18. The van der Waals surface area contributed by atoms with Crippen molar-refractivity contribution in [1.29, 1.82) is 0 Å². The Morgan fingerprint density at radius 3 is 2.40 bits per heavy atom. The number of carbonyl (C=O) groups is 3. The van der Waals surface area contributed by atoms with Gasteiger partial charge in [-0.2, -0.15) is 11.8 Å². The molecule has 2 aromatic rings. The quantitative estimate of drug-likeness (QED) is 0.433. The highest BCUT2D eigenvalue weighted by molar-refractivity contribution is 7.99. The molecule has 160 valence electrons. The van der Waals surface area contributed by atoms with E-state index in [0.717, 1.165) is 17.5 Å². The van der Waals surface area contributed by atoms with Crippen LogP contribution in [0, 0.1) is 0 Å². The van der Waals surface area contributed by atoms with Crippen molar-refractivity contribution in [1.82, 2.24) is 10.3 Å². The van der Waals surface area contributed by atoms with Crippen molar-refractivity contribution in [2.45, 2.75) is 38.0 Å². The van der Waals surface area contributed by atoms with Crippen LogP contribution in [0.2, 0.25) is 0 Å². The predicted molar refractivity (Wildman–Crippen MR) is 115 cm³/mol. The first kappa shape index (κ1) is 23.4. The van der Waals surface area contributed by atoms with E-state index < -0.39 is 12.1 Å². The normalized spacial score (nSPS) is 12.5. The number of aromatic nitrogens is 1. The van der Waals surface area contributed by atoms with Gasteiger partial charge in [0.25, 0.3) is 0 Å². The molecule has 30 heavy (non-hydrogen) atoms. The number of ether oxygens (including phenoxy) is 2. The molecule has 1 unspecified atom stereocenters. The van der Waals surface area contributed by atoms with Crippen molar-refractivity contribution < 1.29 is 23.9 Å². The SMILES string of the molecule is CCc1ccc([C@@H](COc2ccc(CC(SC)C(=O)NC=O)cc2)OC(C)=O)nc1. The van der Waals surface area contributed by atoms with Gasteiger partial charge in [0.05, 0.1) is 10.9 Å². The summed E-state index contributed by atoms with van der Waals surface area (Å²) in [5, 5.41) is 1.83. The van der Waals surface area contributed by atoms with Crippen LogP contribution in [0.5, 0.6) is 5.75 Å². The maximum atomic E-state index is 11.9. The van der Waals surface area contributed by atoms with Gasteiger partial charge in [-0.1, -0.05) is 25.1 Å². The molecule has 0 saturated heterocycles. The summed E-state index contributed by atoms with van der Waals surface area (Å²) in [6.07, 6.45) is 4.74. The highest BCUT2D eigenvalue weighted by Crippen LogP contribution is 2.21. The number of imide groups is 1. The topological polar surface area (TPSA) is 94.6 Å². The standard InChI is InChI=1S/C22H26N2O5S/c1-4-16-7-10-19(23-12-16)20(29-15(2)26)13-28-18-8-5-17(6-9-18)11-21(30-3)22(27)24-14-25/h5-10,12,14,20-21H,4,11,13H2,1-3H3,(H,24,25,27)/t20-,21?/m1/s1. The summed E-state index contributed by atoms with van der Waals surface area (Å²) in [7, 11) is 0. The van der Waals surface area contributed by atoms with E-state index in [4.69, 9.17) is 9.47 Å². The summed E-state index contributed by atoms with van der Waals surface area (Å²) >= 11 is 1.38. The molecule has 0 radical (unpaired) electrons. The predicted octanol–water partition coefficient (Wildman–Crippen LogP) is 2.87. The molecular weight excluding hydrogens is 404 g/mol. The second kappa shape index (κ2) is 12.0. The number of hydrogen-bond donors (Lipinski definition) is 1. The third kappa shape index (κ3) is 7.18. The summed E-state index contributed by atoms with van der Waals surface area (Å²) in [6, 6.07) is 11.1. The van der Waals surface area contributed by atoms with Crippen LogP contribution >= 0.6 is 11.8 Å². The fourth-order valence-corrected chi connectivity index (χ4v) is 3.40. The lowest BCUT2D eigenvalue weighted by Crippen LogP contribution is -2.32. The van der Waals surface area contributed by atoms with E-state index in [2.05, 4.69) is 10.3 Å². The molecule has 8 heteroatoms. The summed E-state index contributed by atoms with van der Waals surface area (Å²) in [6.45, 7) is 3.53. The zero-order valence-electron chi connectivity index (χ0n) is 17.3. The number of nitrogens with zero attached hydrogens (tertiary/aromatic N) is 1. The van der Waals surface area contributed by atoms with Crippen molar-refractivity contribution in [2.75, 3.05) is 12.9 Å². The highest BCUT2D eigenvalue weighted by Gasteiger charge is 2.19. The van der Waals surface area contributed by atoms with E-state index in [9.17, 15) is 14.4 Å². The third-order valence-electron chi connectivity index (χ3n) is 4.42. The van der Waals surface area contributed by atoms with Gasteiger partial charge in [0.2, 0.25) is 12.3 Å². The van der Waals surface area contributed by atoms with Crippen LogP contribution in [0.4, 0.5) is 0 Å². The van der Waals surface area contributed by atoms with E-state index in [1.807, 2.05) is 37.4 Å². The summed E-state index contributed by atoms with van der Waals surface area (Å²) in [4.78, 5) is 38.2. The minimum Gasteiger partial charge on any atom is -0.489 e. The molecule has 0 aliphatic carbocycles. The number of amides is 2. The number of pyridine rings is 1. The minimum atomic E-state index is -0.610. The second-order valence-corrected chi connectivity index (χ2v) is 7.59. The van der Waals surface area contributed by atoms with Crippen molar-refractivity contribution in [3.8, 4) is 5.75 Å². The van der Waals surface area contributed by atoms with E-state index in [0.29, 0.717) is 24.3 Å². The number of benzene rings is 1. The summed E-state index contributed by atoms with van der Waals surface area (Å²) in [5.74, 6) is -0.111. The minimum absolute atomic E-state index is 0.132. The van der Waals surface area contributed by atoms with Gasteiger partial charge in [-0.05, 0) is 48.4 Å². The highest BCUT2D eigenvalue weighted by atomic mass is 32.2. The number of aryl methyl sites for hydroxylation is 1. The number of hydrogen-bond acceptors (Lipinski definition) is 7. The van der Waals surface area contributed by atoms with Gasteiger partial charge in [-0.3, -0.25) is 24.7 Å². The summed E-state index contributed by atoms with van der Waals surface area (Å²) in [5.41, 5.74) is 2.67. The number of carbonyl (C=O) groups excluding carboxylic acids is 3. The Labute approximate surface area is 180 Å². The molecule has 0 spiro atoms. The van der Waals surface area contributed by atoms with E-state index in [-0.39, 0.29) is 17.8 Å². The Morgan fingerprint density at radius 2 is 1.87 bits per heavy atom. The van der Waals surface area contributed by atoms with Crippen LogP contribution in [0.25, 0.3) is 0 Å². The molecular formula is C22H26N2O5S. The zero-order chi connectivity index (χ0) is 21.9. The summed E-state index contributed by atoms with van der Waals surface area (Å²) < 4.78 is 11.2. The molecule has 1 aromatic heterocycles. The average Bonchev–Trinajstić information content (AvgIpc) is 2.75. The molecule has 0 saturated carbocycles. The zero-order valence-corrected chi connectivity index (χ0v) is 18.1. The van der Waals surface area contributed by atoms with Crippen molar-refractivity contribution in [3.05, 3.63) is 59.4 Å². The molecule has 1 aromatic carbocycles. The Bertz CT molecular complexity index is 840. The lowest BCUT2D eigenvalue weighted by molar-refractivity contribution is -0.148. The van der Waals surface area contributed by atoms with E-state index in [1.54, 1.807) is 18.3 Å². The number of thioether (sulfide) groups is 1. The van der Waals surface area contributed by atoms with Crippen LogP contribution in [0.3, 0.4) is 0 Å². The Hall–Kier alpha value is -2.87. The van der Waals surface area contributed by atoms with Gasteiger partial charge < -0.3 is 9.47 Å². The molecule has 1 N–H and O–H groups in total. The van der Waals surface area contributed by atoms with Gasteiger partial charge in [0, 0.05) is 13.1 Å². The monoisotopic (exact) mass is 430 g/mol.